The molecule has 0 saturated heterocycles. The third-order valence-electron chi connectivity index (χ3n) is 5.41. The molecule has 37 heavy (non-hydrogen) atoms. The predicted molar refractivity (Wildman–Crippen MR) is 146 cm³/mol. The Kier molecular flexibility index (Phi) is 13.0. The van der Waals surface area contributed by atoms with Gasteiger partial charge < -0.3 is 25.0 Å². The fourth-order valence-electron chi connectivity index (χ4n) is 3.57. The zero-order chi connectivity index (χ0) is 27.1. The minimum absolute atomic E-state index is 0.122. The van der Waals surface area contributed by atoms with E-state index in [1.54, 1.807) is 32.1 Å². The van der Waals surface area contributed by atoms with Gasteiger partial charge in [-0.25, -0.2) is 9.59 Å². The molecule has 0 saturated carbocycles. The summed E-state index contributed by atoms with van der Waals surface area (Å²) in [5.74, 6) is -0.122. The number of ether oxygens (including phenoxy) is 2. The summed E-state index contributed by atoms with van der Waals surface area (Å²) in [6.07, 6.45) is 2.46. The summed E-state index contributed by atoms with van der Waals surface area (Å²) < 4.78 is 10.6. The first-order chi connectivity index (χ1) is 17.7. The van der Waals surface area contributed by atoms with E-state index in [4.69, 9.17) is 9.47 Å². The van der Waals surface area contributed by atoms with Crippen LogP contribution in [0.1, 0.15) is 70.2 Å². The number of amides is 3. The number of nitrogens with one attached hydrogen (secondary N) is 2. The average molecular weight is 532 g/mol. The number of hydrogen-bond donors (Lipinski definition) is 2. The quantitative estimate of drug-likeness (QED) is 0.297. The zero-order valence-electron chi connectivity index (χ0n) is 22.5. The molecule has 2 N–H and O–H groups in total. The maximum Gasteiger partial charge on any atom is 0.408 e. The summed E-state index contributed by atoms with van der Waals surface area (Å²) in [5.41, 5.74) is 0.253. The van der Waals surface area contributed by atoms with Crippen molar-refractivity contribution in [1.29, 1.82) is 0 Å². The van der Waals surface area contributed by atoms with Gasteiger partial charge in [0.05, 0.1) is 6.54 Å². The van der Waals surface area contributed by atoms with E-state index in [2.05, 4.69) is 17.6 Å². The number of benzene rings is 1. The van der Waals surface area contributed by atoms with E-state index in [0.717, 1.165) is 23.3 Å². The number of rotatable bonds is 14. The third-order valence-corrected chi connectivity index (χ3v) is 6.27. The molecular weight excluding hydrogens is 490 g/mol. The number of unbranched alkanes of at least 4 members (excludes halogenated alkanes) is 2. The van der Waals surface area contributed by atoms with Gasteiger partial charge >= 0.3 is 12.2 Å². The van der Waals surface area contributed by atoms with Crippen LogP contribution in [0.4, 0.5) is 9.59 Å². The van der Waals surface area contributed by atoms with Crippen LogP contribution < -0.4 is 10.6 Å². The van der Waals surface area contributed by atoms with Crippen molar-refractivity contribution in [2.24, 2.45) is 0 Å². The molecule has 1 unspecified atom stereocenters. The number of nitrogens with zero attached hydrogens (tertiary/aromatic N) is 1. The minimum atomic E-state index is -0.711. The van der Waals surface area contributed by atoms with E-state index in [9.17, 15) is 14.4 Å². The van der Waals surface area contributed by atoms with E-state index in [1.165, 1.54) is 0 Å². The van der Waals surface area contributed by atoms with Gasteiger partial charge in [0.25, 0.3) is 0 Å². The summed E-state index contributed by atoms with van der Waals surface area (Å²) in [4.78, 5) is 40.9. The molecule has 0 spiro atoms. The zero-order valence-corrected chi connectivity index (χ0v) is 23.3. The molecule has 0 aliphatic heterocycles. The topological polar surface area (TPSA) is 97.0 Å². The first-order valence-electron chi connectivity index (χ1n) is 12.9. The Balaban J connectivity index is 1.90. The Morgan fingerprint density at radius 1 is 1.00 bits per heavy atom. The van der Waals surface area contributed by atoms with Gasteiger partial charge in [0.15, 0.2) is 0 Å². The highest BCUT2D eigenvalue weighted by Crippen LogP contribution is 2.16. The molecule has 0 bridgehead atoms. The molecule has 0 radical (unpaired) electrons. The molecule has 1 heterocycles. The van der Waals surface area contributed by atoms with Crippen LogP contribution in [0.3, 0.4) is 0 Å². The van der Waals surface area contributed by atoms with Crippen molar-refractivity contribution in [1.82, 2.24) is 15.5 Å². The van der Waals surface area contributed by atoms with E-state index >= 15 is 0 Å². The number of thiophene rings is 1. The van der Waals surface area contributed by atoms with E-state index in [1.807, 2.05) is 52.7 Å². The van der Waals surface area contributed by atoms with Crippen LogP contribution >= 0.6 is 11.3 Å². The van der Waals surface area contributed by atoms with Gasteiger partial charge in [-0.15, -0.1) is 11.3 Å². The summed E-state index contributed by atoms with van der Waals surface area (Å²) >= 11 is 1.61. The Morgan fingerprint density at radius 3 is 2.41 bits per heavy atom. The molecule has 0 fully saturated rings. The van der Waals surface area contributed by atoms with Crippen molar-refractivity contribution in [3.8, 4) is 0 Å². The molecule has 204 valence electrons. The second-order valence-electron chi connectivity index (χ2n) is 9.88. The van der Waals surface area contributed by atoms with Crippen LogP contribution in [0.15, 0.2) is 47.8 Å². The van der Waals surface area contributed by atoms with Gasteiger partial charge in [-0.05, 0) is 63.5 Å². The van der Waals surface area contributed by atoms with Gasteiger partial charge in [-0.2, -0.15) is 0 Å². The van der Waals surface area contributed by atoms with Crippen LogP contribution in [0, 0.1) is 0 Å². The lowest BCUT2D eigenvalue weighted by Crippen LogP contribution is -2.49. The lowest BCUT2D eigenvalue weighted by molar-refractivity contribution is -0.134. The number of alkyl carbamates (subject to hydrolysis) is 2. The summed E-state index contributed by atoms with van der Waals surface area (Å²) in [7, 11) is 0. The SMILES string of the molecule is CCCCN(Cc1cccs1)C(=O)C(CCCCNC(=O)OCc1ccccc1)NC(=O)OC(C)(C)C. The number of carbonyl (C=O) groups excluding carboxylic acids is 3. The largest absolute Gasteiger partial charge is 0.445 e. The maximum absolute atomic E-state index is 13.5. The normalized spacial score (nSPS) is 11.9. The molecule has 2 aromatic rings. The van der Waals surface area contributed by atoms with Crippen LogP contribution in [-0.2, 0) is 27.4 Å². The Morgan fingerprint density at radius 2 is 1.76 bits per heavy atom. The van der Waals surface area contributed by atoms with Crippen molar-refractivity contribution in [2.45, 2.75) is 84.6 Å². The second kappa shape index (κ2) is 15.9. The van der Waals surface area contributed by atoms with Crippen molar-refractivity contribution in [3.05, 3.63) is 58.3 Å². The molecule has 2 rings (SSSR count). The lowest BCUT2D eigenvalue weighted by Gasteiger charge is -2.29. The van der Waals surface area contributed by atoms with Gasteiger partial charge in [0.1, 0.15) is 18.2 Å². The third kappa shape index (κ3) is 12.6. The molecule has 8 nitrogen and oxygen atoms in total. The Labute approximate surface area is 224 Å². The van der Waals surface area contributed by atoms with Gasteiger partial charge in [0.2, 0.25) is 5.91 Å². The highest BCUT2D eigenvalue weighted by atomic mass is 32.1. The first kappa shape index (κ1) is 30.2. The highest BCUT2D eigenvalue weighted by Gasteiger charge is 2.28. The second-order valence-corrected chi connectivity index (χ2v) is 10.9. The Bertz CT molecular complexity index is 944. The monoisotopic (exact) mass is 531 g/mol. The molecule has 9 heteroatoms. The van der Waals surface area contributed by atoms with Crippen LogP contribution in [0.5, 0.6) is 0 Å². The minimum Gasteiger partial charge on any atom is -0.445 e. The van der Waals surface area contributed by atoms with Crippen molar-refractivity contribution >= 4 is 29.4 Å². The Hall–Kier alpha value is -3.07. The van der Waals surface area contributed by atoms with Gasteiger partial charge in [0, 0.05) is 18.0 Å². The van der Waals surface area contributed by atoms with Crippen LogP contribution in [0.2, 0.25) is 0 Å². The molecule has 3 amide bonds. The highest BCUT2D eigenvalue weighted by molar-refractivity contribution is 7.09. The van der Waals surface area contributed by atoms with Crippen molar-refractivity contribution in [2.75, 3.05) is 13.1 Å². The predicted octanol–water partition coefficient (Wildman–Crippen LogP) is 5.87. The smallest absolute Gasteiger partial charge is 0.408 e. The summed E-state index contributed by atoms with van der Waals surface area (Å²) in [5, 5.41) is 7.52. The van der Waals surface area contributed by atoms with E-state index in [0.29, 0.717) is 38.9 Å². The van der Waals surface area contributed by atoms with Crippen molar-refractivity contribution < 1.29 is 23.9 Å². The van der Waals surface area contributed by atoms with Crippen molar-refractivity contribution in [3.63, 3.8) is 0 Å². The van der Waals surface area contributed by atoms with E-state index in [-0.39, 0.29) is 12.5 Å². The standard InChI is InChI=1S/C28H41N3O5S/c1-5-6-18-31(20-23-15-12-19-37-23)25(32)24(30-27(34)36-28(2,3)4)16-10-11-17-29-26(33)35-21-22-13-8-7-9-14-22/h7-9,12-15,19,24H,5-6,10-11,16-18,20-21H2,1-4H3,(H,29,33)(H,30,34). The first-order valence-corrected chi connectivity index (χ1v) is 13.8. The number of hydrogen-bond acceptors (Lipinski definition) is 6. The van der Waals surface area contributed by atoms with Crippen LogP contribution in [-0.4, -0.2) is 47.7 Å². The lowest BCUT2D eigenvalue weighted by atomic mass is 10.1. The molecule has 1 aromatic carbocycles. The van der Waals surface area contributed by atoms with Gasteiger partial charge in [-0.1, -0.05) is 49.7 Å². The van der Waals surface area contributed by atoms with Crippen LogP contribution in [0.25, 0.3) is 0 Å². The average Bonchev–Trinajstić information content (AvgIpc) is 3.36. The summed E-state index contributed by atoms with van der Waals surface area (Å²) in [6, 6.07) is 12.7. The molecule has 0 aliphatic rings. The molecular formula is C28H41N3O5S. The molecule has 0 aliphatic carbocycles. The maximum atomic E-state index is 13.5. The molecule has 1 aromatic heterocycles. The van der Waals surface area contributed by atoms with E-state index < -0.39 is 23.8 Å². The van der Waals surface area contributed by atoms with Gasteiger partial charge in [-0.3, -0.25) is 4.79 Å². The summed E-state index contributed by atoms with van der Waals surface area (Å²) in [6.45, 7) is 9.20. The molecule has 1 atom stereocenters. The fourth-order valence-corrected chi connectivity index (χ4v) is 4.29. The number of carbonyl (C=O) groups is 3. The fraction of sp³-hybridized carbons (Fsp3) is 0.536.